The quantitative estimate of drug-likeness (QED) is 0.327. The molecular weight excluding hydrogens is 459 g/mol. The first kappa shape index (κ1) is 27.2. The Balaban J connectivity index is 1.82. The number of nitrogens with zero attached hydrogens (tertiary/aromatic N) is 2. The minimum atomic E-state index is -0.962. The van der Waals surface area contributed by atoms with E-state index in [0.717, 1.165) is 28.6 Å². The van der Waals surface area contributed by atoms with Crippen LogP contribution in [0.25, 0.3) is 16.6 Å². The van der Waals surface area contributed by atoms with E-state index in [9.17, 15) is 14.0 Å². The van der Waals surface area contributed by atoms with Gasteiger partial charge in [-0.3, -0.25) is 4.79 Å². The largest absolute Gasteiger partial charge is 0.481 e. The van der Waals surface area contributed by atoms with Crippen LogP contribution >= 0.6 is 0 Å². The molecule has 0 fully saturated rings. The summed E-state index contributed by atoms with van der Waals surface area (Å²) in [4.78, 5) is 23.6. The molecule has 0 spiro atoms. The third-order valence-electron chi connectivity index (χ3n) is 6.47. The SMILES string of the molecule is CC(C)CC(c1ccc2c(cnn2-c2ccc(F)cc2)c1)C(C)(C)CNC(=O)NC(C)(C)CC(=O)O. The number of carbonyl (C=O) groups excluding carboxylic acids is 1. The molecule has 0 aliphatic rings. The van der Waals surface area contributed by atoms with Crippen molar-refractivity contribution in [1.29, 1.82) is 0 Å². The first-order valence-electron chi connectivity index (χ1n) is 12.3. The van der Waals surface area contributed by atoms with Gasteiger partial charge in [0.05, 0.1) is 23.8 Å². The summed E-state index contributed by atoms with van der Waals surface area (Å²) in [5.41, 5.74) is 1.75. The molecule has 1 unspecified atom stereocenters. The topological polar surface area (TPSA) is 96.3 Å². The van der Waals surface area contributed by atoms with E-state index in [1.54, 1.807) is 30.7 Å². The molecular formula is C28H37FN4O3. The first-order valence-corrected chi connectivity index (χ1v) is 12.3. The van der Waals surface area contributed by atoms with Crippen molar-refractivity contribution in [3.05, 3.63) is 60.0 Å². The molecule has 0 saturated carbocycles. The number of carbonyl (C=O) groups is 2. The molecule has 0 radical (unpaired) electrons. The van der Waals surface area contributed by atoms with Gasteiger partial charge in [-0.25, -0.2) is 13.9 Å². The molecule has 2 aromatic carbocycles. The van der Waals surface area contributed by atoms with E-state index in [4.69, 9.17) is 5.11 Å². The second-order valence-electron chi connectivity index (χ2n) is 11.3. The van der Waals surface area contributed by atoms with E-state index in [2.05, 4.69) is 55.6 Å². The highest BCUT2D eigenvalue weighted by molar-refractivity contribution is 5.81. The fourth-order valence-corrected chi connectivity index (χ4v) is 4.64. The Hall–Kier alpha value is -3.42. The van der Waals surface area contributed by atoms with Gasteiger partial charge in [0.2, 0.25) is 0 Å². The summed E-state index contributed by atoms with van der Waals surface area (Å²) < 4.78 is 15.2. The lowest BCUT2D eigenvalue weighted by Crippen LogP contribution is -2.51. The number of hydrogen-bond donors (Lipinski definition) is 3. The minimum Gasteiger partial charge on any atom is -0.481 e. The summed E-state index contributed by atoms with van der Waals surface area (Å²) in [6, 6.07) is 12.2. The van der Waals surface area contributed by atoms with E-state index >= 15 is 0 Å². The summed E-state index contributed by atoms with van der Waals surface area (Å²) in [5, 5.41) is 20.3. The number of aromatic nitrogens is 2. The van der Waals surface area contributed by atoms with Crippen molar-refractivity contribution < 1.29 is 19.1 Å². The zero-order valence-electron chi connectivity index (χ0n) is 21.9. The Morgan fingerprint density at radius 2 is 1.75 bits per heavy atom. The molecule has 1 atom stereocenters. The van der Waals surface area contributed by atoms with Gasteiger partial charge in [0, 0.05) is 17.5 Å². The normalized spacial score (nSPS) is 13.1. The van der Waals surface area contributed by atoms with Crippen LogP contribution in [0.1, 0.15) is 65.9 Å². The van der Waals surface area contributed by atoms with Crippen molar-refractivity contribution in [3.8, 4) is 5.69 Å². The fourth-order valence-electron chi connectivity index (χ4n) is 4.64. The molecule has 3 N–H and O–H groups in total. The summed E-state index contributed by atoms with van der Waals surface area (Å²) in [6.07, 6.45) is 2.58. The molecule has 3 aromatic rings. The average Bonchev–Trinajstić information content (AvgIpc) is 3.18. The molecule has 0 bridgehead atoms. The van der Waals surface area contributed by atoms with Gasteiger partial charge in [-0.2, -0.15) is 5.10 Å². The molecule has 194 valence electrons. The number of carboxylic acids is 1. The highest BCUT2D eigenvalue weighted by Crippen LogP contribution is 2.41. The van der Waals surface area contributed by atoms with Crippen LogP contribution in [0, 0.1) is 17.2 Å². The van der Waals surface area contributed by atoms with Gasteiger partial charge in [-0.15, -0.1) is 0 Å². The van der Waals surface area contributed by atoms with Crippen molar-refractivity contribution >= 4 is 22.9 Å². The second-order valence-corrected chi connectivity index (χ2v) is 11.3. The molecule has 36 heavy (non-hydrogen) atoms. The van der Waals surface area contributed by atoms with Crippen LogP contribution < -0.4 is 10.6 Å². The summed E-state index contributed by atoms with van der Waals surface area (Å²) >= 11 is 0. The molecule has 7 nitrogen and oxygen atoms in total. The van der Waals surface area contributed by atoms with Crippen molar-refractivity contribution in [2.75, 3.05) is 6.54 Å². The maximum absolute atomic E-state index is 13.4. The van der Waals surface area contributed by atoms with Gasteiger partial charge in [-0.1, -0.05) is 33.8 Å². The Bertz CT molecular complexity index is 1220. The van der Waals surface area contributed by atoms with Crippen LogP contribution in [-0.4, -0.2) is 39.0 Å². The third kappa shape index (κ3) is 6.83. The van der Waals surface area contributed by atoms with Crippen molar-refractivity contribution in [2.45, 2.75) is 65.8 Å². The van der Waals surface area contributed by atoms with Crippen LogP contribution in [-0.2, 0) is 4.79 Å². The monoisotopic (exact) mass is 496 g/mol. The van der Waals surface area contributed by atoms with Gasteiger partial charge < -0.3 is 15.7 Å². The lowest BCUT2D eigenvalue weighted by atomic mass is 9.71. The maximum atomic E-state index is 13.4. The predicted octanol–water partition coefficient (Wildman–Crippen LogP) is 5.87. The maximum Gasteiger partial charge on any atom is 0.315 e. The van der Waals surface area contributed by atoms with E-state index in [0.29, 0.717) is 12.5 Å². The number of carboxylic acid groups (broad SMARTS) is 1. The Morgan fingerprint density at radius 3 is 2.36 bits per heavy atom. The van der Waals surface area contributed by atoms with Gasteiger partial charge in [0.1, 0.15) is 5.82 Å². The number of fused-ring (bicyclic) bond motifs is 1. The number of halogens is 1. The summed E-state index contributed by atoms with van der Waals surface area (Å²) in [7, 11) is 0. The Morgan fingerprint density at radius 1 is 1.08 bits per heavy atom. The van der Waals surface area contributed by atoms with Gasteiger partial charge in [-0.05, 0) is 79.5 Å². The summed E-state index contributed by atoms with van der Waals surface area (Å²) in [6.45, 7) is 12.4. The first-order chi connectivity index (χ1) is 16.8. The van der Waals surface area contributed by atoms with E-state index in [-0.39, 0.29) is 29.6 Å². The van der Waals surface area contributed by atoms with Crippen LogP contribution in [0.4, 0.5) is 9.18 Å². The average molecular weight is 497 g/mol. The van der Waals surface area contributed by atoms with E-state index in [1.807, 2.05) is 12.3 Å². The van der Waals surface area contributed by atoms with Gasteiger partial charge >= 0.3 is 12.0 Å². The van der Waals surface area contributed by atoms with Crippen LogP contribution in [0.5, 0.6) is 0 Å². The van der Waals surface area contributed by atoms with Crippen LogP contribution in [0.3, 0.4) is 0 Å². The number of hydrogen-bond acceptors (Lipinski definition) is 3. The smallest absolute Gasteiger partial charge is 0.315 e. The van der Waals surface area contributed by atoms with Crippen molar-refractivity contribution in [2.24, 2.45) is 11.3 Å². The second kappa shape index (κ2) is 10.7. The lowest BCUT2D eigenvalue weighted by molar-refractivity contribution is -0.138. The van der Waals surface area contributed by atoms with Gasteiger partial charge in [0.15, 0.2) is 0 Å². The number of urea groups is 1. The zero-order chi connectivity index (χ0) is 26.7. The molecule has 2 amide bonds. The Kier molecular flexibility index (Phi) is 8.06. The lowest BCUT2D eigenvalue weighted by Gasteiger charge is -2.37. The van der Waals surface area contributed by atoms with Crippen LogP contribution in [0.2, 0.25) is 0 Å². The van der Waals surface area contributed by atoms with Gasteiger partial charge in [0.25, 0.3) is 0 Å². The van der Waals surface area contributed by atoms with Crippen LogP contribution in [0.15, 0.2) is 48.7 Å². The fraction of sp³-hybridized carbons (Fsp3) is 0.464. The number of amides is 2. The molecule has 0 aliphatic heterocycles. The number of benzene rings is 2. The Labute approximate surface area is 212 Å². The molecule has 3 rings (SSSR count). The molecule has 0 saturated heterocycles. The highest BCUT2D eigenvalue weighted by atomic mass is 19.1. The van der Waals surface area contributed by atoms with Crippen molar-refractivity contribution in [1.82, 2.24) is 20.4 Å². The number of nitrogens with one attached hydrogen (secondary N) is 2. The highest BCUT2D eigenvalue weighted by Gasteiger charge is 2.33. The van der Waals surface area contributed by atoms with Crippen molar-refractivity contribution in [3.63, 3.8) is 0 Å². The molecule has 1 aromatic heterocycles. The zero-order valence-corrected chi connectivity index (χ0v) is 21.9. The molecule has 8 heteroatoms. The standard InChI is InChI=1S/C28H37FN4O3/c1-18(2)13-23(27(3,4)17-30-26(36)32-28(5,6)15-25(34)35)19-7-12-24-20(14-19)16-31-33(24)22-10-8-21(29)9-11-22/h7-12,14,16,18,23H,13,15,17H2,1-6H3,(H,34,35)(H2,30,32,36). The predicted molar refractivity (Wildman–Crippen MR) is 140 cm³/mol. The van der Waals surface area contributed by atoms with E-state index < -0.39 is 11.5 Å². The third-order valence-corrected chi connectivity index (χ3v) is 6.47. The van der Waals surface area contributed by atoms with E-state index in [1.165, 1.54) is 12.1 Å². The summed E-state index contributed by atoms with van der Waals surface area (Å²) in [5.74, 6) is -0.654. The molecule has 0 aliphatic carbocycles. The minimum absolute atomic E-state index is 0.156. The molecule has 1 heterocycles. The number of rotatable bonds is 10. The number of aliphatic carboxylic acids is 1.